The van der Waals surface area contributed by atoms with Gasteiger partial charge >= 0.3 is 0 Å². The molecule has 3 heteroatoms. The molecule has 0 bridgehead atoms. The number of benzene rings is 1. The van der Waals surface area contributed by atoms with Crippen LogP contribution in [-0.4, -0.2) is 19.4 Å². The van der Waals surface area contributed by atoms with Crippen LogP contribution in [0.3, 0.4) is 0 Å². The molecule has 0 aliphatic rings. The van der Waals surface area contributed by atoms with Crippen LogP contribution < -0.4 is 5.32 Å². The minimum absolute atomic E-state index is 0.0443. The van der Waals surface area contributed by atoms with E-state index in [1.807, 2.05) is 0 Å². The lowest BCUT2D eigenvalue weighted by atomic mass is 9.84. The molecular weight excluding hydrogens is 230 g/mol. The molecule has 2 aromatic rings. The van der Waals surface area contributed by atoms with Crippen molar-refractivity contribution in [2.45, 2.75) is 19.3 Å². The van der Waals surface area contributed by atoms with Crippen LogP contribution >= 0.6 is 11.3 Å². The van der Waals surface area contributed by atoms with Gasteiger partial charge in [-0.2, -0.15) is 0 Å². The molecule has 90 valence electrons. The highest BCUT2D eigenvalue weighted by Gasteiger charge is 2.23. The average molecular weight is 247 g/mol. The number of fused-ring (bicyclic) bond motifs is 1. The summed E-state index contributed by atoms with van der Waals surface area (Å²) in [7, 11) is 0. The van der Waals surface area contributed by atoms with E-state index in [-0.39, 0.29) is 5.41 Å². The van der Waals surface area contributed by atoms with Gasteiger partial charge in [0.1, 0.15) is 6.29 Å². The summed E-state index contributed by atoms with van der Waals surface area (Å²) in [6, 6.07) is 8.47. The third-order valence-corrected chi connectivity index (χ3v) is 3.97. The van der Waals surface area contributed by atoms with Gasteiger partial charge in [0.2, 0.25) is 0 Å². The fourth-order valence-electron chi connectivity index (χ4n) is 2.04. The monoisotopic (exact) mass is 247 g/mol. The fraction of sp³-hybridized carbons (Fsp3) is 0.357. The van der Waals surface area contributed by atoms with Gasteiger partial charge < -0.3 is 10.1 Å². The Kier molecular flexibility index (Phi) is 3.60. The van der Waals surface area contributed by atoms with Crippen LogP contribution in [0.25, 0.3) is 10.1 Å². The van der Waals surface area contributed by atoms with Crippen LogP contribution in [0.5, 0.6) is 0 Å². The quantitative estimate of drug-likeness (QED) is 0.650. The molecule has 0 aliphatic heterocycles. The van der Waals surface area contributed by atoms with Crippen molar-refractivity contribution in [1.82, 2.24) is 5.32 Å². The Hall–Kier alpha value is -1.19. The summed E-state index contributed by atoms with van der Waals surface area (Å²) >= 11 is 1.78. The number of thiophene rings is 1. The van der Waals surface area contributed by atoms with Gasteiger partial charge in [0.25, 0.3) is 0 Å². The first-order chi connectivity index (χ1) is 8.15. The Labute approximate surface area is 106 Å². The van der Waals surface area contributed by atoms with Crippen molar-refractivity contribution in [1.29, 1.82) is 0 Å². The molecule has 0 atom stereocenters. The lowest BCUT2D eigenvalue weighted by molar-refractivity contribution is -0.107. The zero-order valence-electron chi connectivity index (χ0n) is 10.2. The summed E-state index contributed by atoms with van der Waals surface area (Å²) in [6.07, 6.45) is 0.905. The van der Waals surface area contributed by atoms with Crippen molar-refractivity contribution in [3.8, 4) is 0 Å². The van der Waals surface area contributed by atoms with Crippen LogP contribution in [0.15, 0.2) is 29.6 Å². The minimum Gasteiger partial charge on any atom is -0.309 e. The molecule has 0 radical (unpaired) electrons. The van der Waals surface area contributed by atoms with E-state index in [0.717, 1.165) is 12.8 Å². The van der Waals surface area contributed by atoms with Crippen molar-refractivity contribution >= 4 is 27.7 Å². The van der Waals surface area contributed by atoms with E-state index in [2.05, 4.69) is 48.8 Å². The van der Waals surface area contributed by atoms with Crippen LogP contribution in [0, 0.1) is 0 Å². The Bertz CT molecular complexity index is 516. The molecule has 2 nitrogen and oxygen atoms in total. The summed E-state index contributed by atoms with van der Waals surface area (Å²) in [5.74, 6) is 0. The molecule has 0 aliphatic carbocycles. The largest absolute Gasteiger partial charge is 0.309 e. The van der Waals surface area contributed by atoms with E-state index in [4.69, 9.17) is 0 Å². The second-order valence-corrected chi connectivity index (χ2v) is 5.74. The molecule has 0 fully saturated rings. The Morgan fingerprint density at radius 3 is 2.88 bits per heavy atom. The maximum absolute atomic E-state index is 10.3. The number of nitrogens with one attached hydrogen (secondary N) is 1. The highest BCUT2D eigenvalue weighted by molar-refractivity contribution is 7.17. The number of hydrogen-bond donors (Lipinski definition) is 1. The third kappa shape index (κ3) is 2.56. The lowest BCUT2D eigenvalue weighted by Gasteiger charge is -2.24. The lowest BCUT2D eigenvalue weighted by Crippen LogP contribution is -2.33. The second kappa shape index (κ2) is 4.98. The molecule has 17 heavy (non-hydrogen) atoms. The summed E-state index contributed by atoms with van der Waals surface area (Å²) in [5.41, 5.74) is 1.40. The molecule has 2 rings (SSSR count). The second-order valence-electron chi connectivity index (χ2n) is 4.83. The Morgan fingerprint density at radius 1 is 1.35 bits per heavy atom. The molecule has 1 N–H and O–H groups in total. The number of aldehydes is 1. The number of rotatable bonds is 5. The number of hydrogen-bond acceptors (Lipinski definition) is 3. The molecule has 0 unspecified atom stereocenters. The highest BCUT2D eigenvalue weighted by Crippen LogP contribution is 2.34. The van der Waals surface area contributed by atoms with Gasteiger partial charge in [0.15, 0.2) is 0 Å². The zero-order chi connectivity index (χ0) is 12.3. The third-order valence-electron chi connectivity index (χ3n) is 3.00. The van der Waals surface area contributed by atoms with Crippen molar-refractivity contribution in [2.75, 3.05) is 13.1 Å². The number of carbonyl (C=O) groups is 1. The van der Waals surface area contributed by atoms with Crippen molar-refractivity contribution in [3.05, 3.63) is 35.2 Å². The van der Waals surface area contributed by atoms with E-state index >= 15 is 0 Å². The highest BCUT2D eigenvalue weighted by atomic mass is 32.1. The van der Waals surface area contributed by atoms with Crippen molar-refractivity contribution in [3.63, 3.8) is 0 Å². The van der Waals surface area contributed by atoms with Gasteiger partial charge in [-0.1, -0.05) is 32.0 Å². The van der Waals surface area contributed by atoms with Crippen LogP contribution in [0.2, 0.25) is 0 Å². The molecular formula is C14H17NOS. The van der Waals surface area contributed by atoms with Gasteiger partial charge in [0.05, 0.1) is 6.54 Å². The van der Waals surface area contributed by atoms with Gasteiger partial charge in [0, 0.05) is 16.7 Å². The standard InChI is InChI=1S/C14H17NOS/c1-14(2,10-15-7-8-16)12-9-17-13-6-4-3-5-11(12)13/h3-6,8-9,15H,7,10H2,1-2H3. The van der Waals surface area contributed by atoms with Crippen molar-refractivity contribution < 1.29 is 4.79 Å². The number of carbonyl (C=O) groups excluding carboxylic acids is 1. The van der Waals surface area contributed by atoms with Gasteiger partial charge in [-0.3, -0.25) is 0 Å². The predicted molar refractivity (Wildman–Crippen MR) is 73.8 cm³/mol. The summed E-state index contributed by atoms with van der Waals surface area (Å²) in [4.78, 5) is 10.3. The first kappa shape index (κ1) is 12.3. The molecule has 1 aromatic carbocycles. The van der Waals surface area contributed by atoms with Gasteiger partial charge in [-0.25, -0.2) is 0 Å². The molecule has 0 saturated heterocycles. The molecule has 1 heterocycles. The molecule has 0 amide bonds. The van der Waals surface area contributed by atoms with E-state index in [1.165, 1.54) is 15.6 Å². The van der Waals surface area contributed by atoms with Gasteiger partial charge in [-0.05, 0) is 22.4 Å². The summed E-state index contributed by atoms with van der Waals surface area (Å²) in [5, 5.41) is 6.72. The van der Waals surface area contributed by atoms with Crippen LogP contribution in [0.4, 0.5) is 0 Å². The Balaban J connectivity index is 2.28. The normalized spacial score (nSPS) is 11.9. The fourth-order valence-corrected chi connectivity index (χ4v) is 3.19. The maximum atomic E-state index is 10.3. The van der Waals surface area contributed by atoms with Gasteiger partial charge in [-0.15, -0.1) is 11.3 Å². The van der Waals surface area contributed by atoms with Crippen molar-refractivity contribution in [2.24, 2.45) is 0 Å². The first-order valence-electron chi connectivity index (χ1n) is 5.76. The smallest absolute Gasteiger partial charge is 0.133 e. The molecule has 0 spiro atoms. The van der Waals surface area contributed by atoms with E-state index in [9.17, 15) is 4.79 Å². The SMILES string of the molecule is CC(C)(CNCC=O)c1csc2ccccc12. The molecule has 1 aromatic heterocycles. The minimum atomic E-state index is 0.0443. The van der Waals surface area contributed by atoms with E-state index in [0.29, 0.717) is 6.54 Å². The predicted octanol–water partition coefficient (Wildman–Crippen LogP) is 2.97. The topological polar surface area (TPSA) is 29.1 Å². The van der Waals surface area contributed by atoms with Crippen LogP contribution in [0.1, 0.15) is 19.4 Å². The zero-order valence-corrected chi connectivity index (χ0v) is 11.0. The summed E-state index contributed by atoms with van der Waals surface area (Å²) < 4.78 is 1.32. The van der Waals surface area contributed by atoms with E-state index < -0.39 is 0 Å². The van der Waals surface area contributed by atoms with E-state index in [1.54, 1.807) is 11.3 Å². The summed E-state index contributed by atoms with van der Waals surface area (Å²) in [6.45, 7) is 5.65. The first-order valence-corrected chi connectivity index (χ1v) is 6.64. The van der Waals surface area contributed by atoms with Crippen LogP contribution in [-0.2, 0) is 10.2 Å². The molecule has 0 saturated carbocycles. The maximum Gasteiger partial charge on any atom is 0.133 e. The average Bonchev–Trinajstić information content (AvgIpc) is 2.73. The Morgan fingerprint density at radius 2 is 2.12 bits per heavy atom.